The molecular weight excluding hydrogens is 207 g/mol. The third-order valence-electron chi connectivity index (χ3n) is 2.17. The standard InChI is InChI=1S/C9H18F3N3/c1-4-7(8(13)14)15(6(2)3)5-9(10,11)12/h6-7H,4-5H2,1-3H3,(H3,13,14). The fraction of sp³-hybridized carbons (Fsp3) is 0.889. The minimum atomic E-state index is -4.26. The molecule has 0 saturated carbocycles. The van der Waals surface area contributed by atoms with Gasteiger partial charge in [0, 0.05) is 6.04 Å². The second-order valence-corrected chi connectivity index (χ2v) is 3.76. The predicted octanol–water partition coefficient (Wildman–Crippen LogP) is 1.97. The molecule has 0 aliphatic heterocycles. The Bertz CT molecular complexity index is 213. The molecule has 0 aromatic rings. The maximum absolute atomic E-state index is 12.3. The normalized spacial score (nSPS) is 14.7. The Morgan fingerprint density at radius 2 is 1.87 bits per heavy atom. The summed E-state index contributed by atoms with van der Waals surface area (Å²) in [6, 6.07) is -0.924. The maximum atomic E-state index is 12.3. The van der Waals surface area contributed by atoms with Gasteiger partial charge in [-0.05, 0) is 20.3 Å². The van der Waals surface area contributed by atoms with E-state index in [0.29, 0.717) is 6.42 Å². The van der Waals surface area contributed by atoms with Crippen molar-refractivity contribution < 1.29 is 13.2 Å². The Hall–Kier alpha value is -0.780. The molecule has 3 nitrogen and oxygen atoms in total. The lowest BCUT2D eigenvalue weighted by atomic mass is 10.1. The zero-order valence-electron chi connectivity index (χ0n) is 9.23. The van der Waals surface area contributed by atoms with Crippen LogP contribution >= 0.6 is 0 Å². The van der Waals surface area contributed by atoms with Gasteiger partial charge in [-0.3, -0.25) is 10.3 Å². The summed E-state index contributed by atoms with van der Waals surface area (Å²) < 4.78 is 36.8. The minimum absolute atomic E-state index is 0.213. The smallest absolute Gasteiger partial charge is 0.386 e. The number of hydrogen-bond donors (Lipinski definition) is 2. The minimum Gasteiger partial charge on any atom is -0.386 e. The fourth-order valence-electron chi connectivity index (χ4n) is 1.49. The number of nitrogens with one attached hydrogen (secondary N) is 1. The molecule has 0 aliphatic carbocycles. The molecule has 0 radical (unpaired) electrons. The van der Waals surface area contributed by atoms with E-state index >= 15 is 0 Å². The molecule has 0 spiro atoms. The topological polar surface area (TPSA) is 53.1 Å². The van der Waals surface area contributed by atoms with E-state index in [4.69, 9.17) is 11.1 Å². The lowest BCUT2D eigenvalue weighted by molar-refractivity contribution is -0.152. The van der Waals surface area contributed by atoms with Crippen LogP contribution in [-0.4, -0.2) is 35.5 Å². The molecule has 0 rings (SSSR count). The Morgan fingerprint density at radius 1 is 1.40 bits per heavy atom. The highest BCUT2D eigenvalue weighted by molar-refractivity contribution is 5.82. The van der Waals surface area contributed by atoms with Crippen LogP contribution in [-0.2, 0) is 0 Å². The molecule has 1 atom stereocenters. The van der Waals surface area contributed by atoms with E-state index in [1.165, 1.54) is 4.90 Å². The molecule has 0 fully saturated rings. The molecule has 90 valence electrons. The van der Waals surface area contributed by atoms with Gasteiger partial charge in [0.05, 0.1) is 12.6 Å². The first-order valence-corrected chi connectivity index (χ1v) is 4.85. The van der Waals surface area contributed by atoms with Crippen LogP contribution in [0.3, 0.4) is 0 Å². The van der Waals surface area contributed by atoms with Gasteiger partial charge in [-0.1, -0.05) is 6.92 Å². The number of amidine groups is 1. The number of rotatable bonds is 5. The Morgan fingerprint density at radius 3 is 2.07 bits per heavy atom. The van der Waals surface area contributed by atoms with E-state index < -0.39 is 18.8 Å². The van der Waals surface area contributed by atoms with Crippen molar-refractivity contribution in [2.75, 3.05) is 6.54 Å². The van der Waals surface area contributed by atoms with Crippen molar-refractivity contribution in [2.45, 2.75) is 45.5 Å². The van der Waals surface area contributed by atoms with E-state index in [1.54, 1.807) is 20.8 Å². The van der Waals surface area contributed by atoms with Crippen molar-refractivity contribution in [1.29, 1.82) is 5.41 Å². The molecule has 0 bridgehead atoms. The molecule has 0 aromatic heterocycles. The van der Waals surface area contributed by atoms with Gasteiger partial charge in [0.15, 0.2) is 0 Å². The molecule has 0 amide bonds. The van der Waals surface area contributed by atoms with Gasteiger partial charge in [-0.15, -0.1) is 0 Å². The van der Waals surface area contributed by atoms with Gasteiger partial charge < -0.3 is 5.73 Å². The molecule has 1 unspecified atom stereocenters. The number of nitrogens with zero attached hydrogens (tertiary/aromatic N) is 1. The largest absolute Gasteiger partial charge is 0.401 e. The lowest BCUT2D eigenvalue weighted by Crippen LogP contribution is -2.51. The van der Waals surface area contributed by atoms with Crippen LogP contribution in [0.4, 0.5) is 13.2 Å². The average molecular weight is 225 g/mol. The molecule has 15 heavy (non-hydrogen) atoms. The van der Waals surface area contributed by atoms with Crippen LogP contribution in [0.2, 0.25) is 0 Å². The number of halogens is 3. The van der Waals surface area contributed by atoms with Crippen molar-refractivity contribution in [3.8, 4) is 0 Å². The van der Waals surface area contributed by atoms with Crippen LogP contribution < -0.4 is 5.73 Å². The summed E-state index contributed by atoms with van der Waals surface area (Å²) in [5.74, 6) is -0.213. The summed E-state index contributed by atoms with van der Waals surface area (Å²) in [6.45, 7) is 4.02. The molecule has 6 heteroatoms. The third-order valence-corrected chi connectivity index (χ3v) is 2.17. The van der Waals surface area contributed by atoms with E-state index in [9.17, 15) is 13.2 Å². The summed E-state index contributed by atoms with van der Waals surface area (Å²) in [6.07, 6.45) is -3.85. The van der Waals surface area contributed by atoms with Gasteiger partial charge in [0.25, 0.3) is 0 Å². The lowest BCUT2D eigenvalue weighted by Gasteiger charge is -2.34. The van der Waals surface area contributed by atoms with Gasteiger partial charge in [0.1, 0.15) is 5.84 Å². The fourth-order valence-corrected chi connectivity index (χ4v) is 1.49. The first-order chi connectivity index (χ1) is 6.69. The first-order valence-electron chi connectivity index (χ1n) is 4.85. The number of nitrogens with two attached hydrogens (primary N) is 1. The average Bonchev–Trinajstić information content (AvgIpc) is 2.00. The molecule has 0 saturated heterocycles. The van der Waals surface area contributed by atoms with Crippen molar-refractivity contribution in [3.05, 3.63) is 0 Å². The van der Waals surface area contributed by atoms with E-state index in [0.717, 1.165) is 0 Å². The van der Waals surface area contributed by atoms with E-state index in [1.807, 2.05) is 0 Å². The first kappa shape index (κ1) is 14.2. The van der Waals surface area contributed by atoms with Crippen molar-refractivity contribution in [1.82, 2.24) is 4.90 Å². The zero-order chi connectivity index (χ0) is 12.2. The molecular formula is C9H18F3N3. The highest BCUT2D eigenvalue weighted by Crippen LogP contribution is 2.20. The summed E-state index contributed by atoms with van der Waals surface area (Å²) in [5.41, 5.74) is 5.28. The third kappa shape index (κ3) is 5.01. The van der Waals surface area contributed by atoms with Crippen LogP contribution in [0.25, 0.3) is 0 Å². The van der Waals surface area contributed by atoms with Crippen LogP contribution in [0.1, 0.15) is 27.2 Å². The van der Waals surface area contributed by atoms with Gasteiger partial charge >= 0.3 is 6.18 Å². The summed E-state index contributed by atoms with van der Waals surface area (Å²) >= 11 is 0. The Kier molecular flexibility index (Phi) is 5.07. The summed E-state index contributed by atoms with van der Waals surface area (Å²) in [5, 5.41) is 7.25. The highest BCUT2D eigenvalue weighted by atomic mass is 19.4. The number of hydrogen-bond acceptors (Lipinski definition) is 2. The molecule has 0 heterocycles. The van der Waals surface area contributed by atoms with E-state index in [-0.39, 0.29) is 11.9 Å². The zero-order valence-corrected chi connectivity index (χ0v) is 9.23. The Balaban J connectivity index is 4.71. The molecule has 0 aliphatic rings. The van der Waals surface area contributed by atoms with Crippen molar-refractivity contribution >= 4 is 5.84 Å². The molecule has 0 aromatic carbocycles. The van der Waals surface area contributed by atoms with Gasteiger partial charge in [-0.2, -0.15) is 13.2 Å². The molecule has 3 N–H and O–H groups in total. The van der Waals surface area contributed by atoms with Crippen LogP contribution in [0.5, 0.6) is 0 Å². The van der Waals surface area contributed by atoms with Crippen molar-refractivity contribution in [2.24, 2.45) is 5.73 Å². The summed E-state index contributed by atoms with van der Waals surface area (Å²) in [4.78, 5) is 1.20. The second-order valence-electron chi connectivity index (χ2n) is 3.76. The summed E-state index contributed by atoms with van der Waals surface area (Å²) in [7, 11) is 0. The van der Waals surface area contributed by atoms with Crippen LogP contribution in [0.15, 0.2) is 0 Å². The quantitative estimate of drug-likeness (QED) is 0.555. The highest BCUT2D eigenvalue weighted by Gasteiger charge is 2.35. The number of alkyl halides is 3. The van der Waals surface area contributed by atoms with Gasteiger partial charge in [0.2, 0.25) is 0 Å². The van der Waals surface area contributed by atoms with Crippen LogP contribution in [0, 0.1) is 5.41 Å². The predicted molar refractivity (Wildman–Crippen MR) is 53.9 cm³/mol. The Labute approximate surface area is 87.9 Å². The van der Waals surface area contributed by atoms with Gasteiger partial charge in [-0.25, -0.2) is 0 Å². The monoisotopic (exact) mass is 225 g/mol. The van der Waals surface area contributed by atoms with E-state index in [2.05, 4.69) is 0 Å². The second kappa shape index (κ2) is 5.34. The maximum Gasteiger partial charge on any atom is 0.401 e. The van der Waals surface area contributed by atoms with Crippen molar-refractivity contribution in [3.63, 3.8) is 0 Å². The SMILES string of the molecule is CCC(C(=N)N)N(CC(F)(F)F)C(C)C.